The molecule has 0 unspecified atom stereocenters. The molecule has 0 spiro atoms. The molecule has 1 saturated heterocycles. The van der Waals surface area contributed by atoms with E-state index in [0.29, 0.717) is 6.54 Å². The predicted molar refractivity (Wildman–Crippen MR) is 93.6 cm³/mol. The van der Waals surface area contributed by atoms with E-state index >= 15 is 0 Å². The summed E-state index contributed by atoms with van der Waals surface area (Å²) in [5.41, 5.74) is 2.86. The zero-order chi connectivity index (χ0) is 16.1. The van der Waals surface area contributed by atoms with Crippen molar-refractivity contribution >= 4 is 11.6 Å². The number of hydrogen-bond donors (Lipinski definition) is 1. The smallest absolute Gasteiger partial charge is 0.256 e. The molecule has 120 valence electrons. The molecule has 0 bridgehead atoms. The van der Waals surface area contributed by atoms with E-state index in [1.807, 2.05) is 47.4 Å². The van der Waals surface area contributed by atoms with Crippen LogP contribution in [0.4, 0.5) is 5.69 Å². The average Bonchev–Trinajstić information content (AvgIpc) is 2.61. The second-order valence-corrected chi connectivity index (χ2v) is 5.98. The van der Waals surface area contributed by atoms with Crippen molar-refractivity contribution in [3.63, 3.8) is 0 Å². The van der Waals surface area contributed by atoms with Crippen LogP contribution in [0.5, 0.6) is 0 Å². The zero-order valence-corrected chi connectivity index (χ0v) is 13.5. The van der Waals surface area contributed by atoms with Gasteiger partial charge >= 0.3 is 0 Å². The van der Waals surface area contributed by atoms with Crippen molar-refractivity contribution in [2.24, 2.45) is 0 Å². The highest BCUT2D eigenvalue weighted by Crippen LogP contribution is 2.19. The highest BCUT2D eigenvalue weighted by Gasteiger charge is 2.22. The van der Waals surface area contributed by atoms with Gasteiger partial charge in [-0.05, 0) is 24.7 Å². The average molecular weight is 309 g/mol. The molecule has 0 atom stereocenters. The van der Waals surface area contributed by atoms with Crippen LogP contribution in [0.1, 0.15) is 15.9 Å². The van der Waals surface area contributed by atoms with Gasteiger partial charge in [-0.1, -0.05) is 42.5 Å². The van der Waals surface area contributed by atoms with Crippen molar-refractivity contribution < 1.29 is 4.79 Å². The summed E-state index contributed by atoms with van der Waals surface area (Å²) in [5.74, 6) is 0.120. The SMILES string of the molecule is CN1CCN(C(=O)c2ccccc2NCc2ccccc2)CC1. The highest BCUT2D eigenvalue weighted by molar-refractivity contribution is 5.99. The van der Waals surface area contributed by atoms with Crippen molar-refractivity contribution in [1.82, 2.24) is 9.80 Å². The molecule has 1 aliphatic heterocycles. The number of anilines is 1. The number of hydrogen-bond acceptors (Lipinski definition) is 3. The second-order valence-electron chi connectivity index (χ2n) is 5.98. The van der Waals surface area contributed by atoms with Crippen molar-refractivity contribution in [1.29, 1.82) is 0 Å². The van der Waals surface area contributed by atoms with Crippen LogP contribution in [0.15, 0.2) is 54.6 Å². The lowest BCUT2D eigenvalue weighted by molar-refractivity contribution is 0.0665. The summed E-state index contributed by atoms with van der Waals surface area (Å²) in [7, 11) is 2.09. The number of carbonyl (C=O) groups is 1. The third-order valence-electron chi connectivity index (χ3n) is 4.27. The number of likely N-dealkylation sites (N-methyl/N-ethyl adjacent to an activating group) is 1. The lowest BCUT2D eigenvalue weighted by Gasteiger charge is -2.32. The Morgan fingerprint density at radius 2 is 1.61 bits per heavy atom. The standard InChI is InChI=1S/C19H23N3O/c1-21-11-13-22(14-12-21)19(23)17-9-5-6-10-18(17)20-15-16-7-3-2-4-8-16/h2-10,20H,11-15H2,1H3. The van der Waals surface area contributed by atoms with Gasteiger partial charge in [-0.15, -0.1) is 0 Å². The van der Waals surface area contributed by atoms with Gasteiger partial charge in [-0.25, -0.2) is 0 Å². The molecule has 1 N–H and O–H groups in total. The minimum Gasteiger partial charge on any atom is -0.380 e. The minimum atomic E-state index is 0.120. The molecule has 2 aromatic carbocycles. The Balaban J connectivity index is 1.71. The predicted octanol–water partition coefficient (Wildman–Crippen LogP) is 2.69. The number of amides is 1. The number of piperazine rings is 1. The van der Waals surface area contributed by atoms with E-state index in [1.54, 1.807) is 0 Å². The van der Waals surface area contributed by atoms with Crippen LogP contribution in [0, 0.1) is 0 Å². The van der Waals surface area contributed by atoms with Gasteiger partial charge in [0, 0.05) is 38.4 Å². The van der Waals surface area contributed by atoms with Crippen molar-refractivity contribution in [2.75, 3.05) is 38.5 Å². The number of benzene rings is 2. The largest absolute Gasteiger partial charge is 0.380 e. The van der Waals surface area contributed by atoms with E-state index in [2.05, 4.69) is 29.4 Å². The van der Waals surface area contributed by atoms with Gasteiger partial charge in [0.15, 0.2) is 0 Å². The van der Waals surface area contributed by atoms with Gasteiger partial charge in [0.2, 0.25) is 0 Å². The number of rotatable bonds is 4. The molecule has 1 fully saturated rings. The van der Waals surface area contributed by atoms with Crippen molar-refractivity contribution in [3.05, 3.63) is 65.7 Å². The number of nitrogens with zero attached hydrogens (tertiary/aromatic N) is 2. The Bertz CT molecular complexity index is 649. The summed E-state index contributed by atoms with van der Waals surface area (Å²) in [5, 5.41) is 3.40. The molecule has 4 nitrogen and oxygen atoms in total. The van der Waals surface area contributed by atoms with Crippen LogP contribution >= 0.6 is 0 Å². The molecule has 0 radical (unpaired) electrons. The third kappa shape index (κ3) is 3.90. The topological polar surface area (TPSA) is 35.6 Å². The molecule has 0 aromatic heterocycles. The Morgan fingerprint density at radius 1 is 0.957 bits per heavy atom. The van der Waals surface area contributed by atoms with Crippen LogP contribution < -0.4 is 5.32 Å². The summed E-state index contributed by atoms with van der Waals surface area (Å²) in [6.07, 6.45) is 0. The normalized spacial score (nSPS) is 15.4. The molecule has 1 amide bonds. The zero-order valence-electron chi connectivity index (χ0n) is 13.5. The molecule has 3 rings (SSSR count). The second kappa shape index (κ2) is 7.29. The number of nitrogens with one attached hydrogen (secondary N) is 1. The van der Waals surface area contributed by atoms with Gasteiger partial charge in [0.25, 0.3) is 5.91 Å². The summed E-state index contributed by atoms with van der Waals surface area (Å²) in [6.45, 7) is 4.18. The minimum absolute atomic E-state index is 0.120. The summed E-state index contributed by atoms with van der Waals surface area (Å²) >= 11 is 0. The lowest BCUT2D eigenvalue weighted by atomic mass is 10.1. The maximum absolute atomic E-state index is 12.8. The van der Waals surface area contributed by atoms with Gasteiger partial charge < -0.3 is 15.1 Å². The molecule has 1 heterocycles. The van der Waals surface area contributed by atoms with E-state index in [9.17, 15) is 4.79 Å². The maximum atomic E-state index is 12.8. The van der Waals surface area contributed by atoms with Gasteiger partial charge in [0.05, 0.1) is 5.56 Å². The Kier molecular flexibility index (Phi) is 4.93. The Morgan fingerprint density at radius 3 is 2.35 bits per heavy atom. The van der Waals surface area contributed by atoms with E-state index in [-0.39, 0.29) is 5.91 Å². The van der Waals surface area contributed by atoms with E-state index in [0.717, 1.165) is 37.4 Å². The fraction of sp³-hybridized carbons (Fsp3) is 0.316. The Hall–Kier alpha value is -2.33. The molecule has 1 aliphatic rings. The molecule has 23 heavy (non-hydrogen) atoms. The first-order chi connectivity index (χ1) is 11.2. The quantitative estimate of drug-likeness (QED) is 0.943. The molecule has 4 heteroatoms. The van der Waals surface area contributed by atoms with Gasteiger partial charge in [-0.3, -0.25) is 4.79 Å². The van der Waals surface area contributed by atoms with Crippen molar-refractivity contribution in [2.45, 2.75) is 6.54 Å². The van der Waals surface area contributed by atoms with Crippen LogP contribution in [0.2, 0.25) is 0 Å². The van der Waals surface area contributed by atoms with Crippen molar-refractivity contribution in [3.8, 4) is 0 Å². The number of para-hydroxylation sites is 1. The molecule has 0 aliphatic carbocycles. The first kappa shape index (κ1) is 15.6. The third-order valence-corrected chi connectivity index (χ3v) is 4.27. The van der Waals surface area contributed by atoms with E-state index < -0.39 is 0 Å². The van der Waals surface area contributed by atoms with Crippen LogP contribution in [0.25, 0.3) is 0 Å². The Labute approximate surface area is 137 Å². The van der Waals surface area contributed by atoms with Crippen LogP contribution in [0.3, 0.4) is 0 Å². The first-order valence-corrected chi connectivity index (χ1v) is 8.08. The molecule has 0 saturated carbocycles. The van der Waals surface area contributed by atoms with Gasteiger partial charge in [-0.2, -0.15) is 0 Å². The van der Waals surface area contributed by atoms with Gasteiger partial charge in [0.1, 0.15) is 0 Å². The monoisotopic (exact) mass is 309 g/mol. The fourth-order valence-corrected chi connectivity index (χ4v) is 2.80. The first-order valence-electron chi connectivity index (χ1n) is 8.08. The van der Waals surface area contributed by atoms with E-state index in [1.165, 1.54) is 5.56 Å². The molecular weight excluding hydrogens is 286 g/mol. The lowest BCUT2D eigenvalue weighted by Crippen LogP contribution is -2.47. The molecular formula is C19H23N3O. The fourth-order valence-electron chi connectivity index (χ4n) is 2.80. The molecule has 2 aromatic rings. The van der Waals surface area contributed by atoms with E-state index in [4.69, 9.17) is 0 Å². The number of carbonyl (C=O) groups excluding carboxylic acids is 1. The summed E-state index contributed by atoms with van der Waals surface area (Å²) in [4.78, 5) is 17.0. The summed E-state index contributed by atoms with van der Waals surface area (Å²) < 4.78 is 0. The van der Waals surface area contributed by atoms with Crippen LogP contribution in [-0.4, -0.2) is 48.9 Å². The van der Waals surface area contributed by atoms with Crippen LogP contribution in [-0.2, 0) is 6.54 Å². The maximum Gasteiger partial charge on any atom is 0.256 e. The summed E-state index contributed by atoms with van der Waals surface area (Å²) in [6, 6.07) is 18.0. The highest BCUT2D eigenvalue weighted by atomic mass is 16.2.